The van der Waals surface area contributed by atoms with Crippen molar-refractivity contribution in [3.05, 3.63) is 66.7 Å². The lowest BCUT2D eigenvalue weighted by Crippen LogP contribution is -1.95. The molecule has 0 aliphatic rings. The Hall–Kier alpha value is -1.96. The summed E-state index contributed by atoms with van der Waals surface area (Å²) in [4.78, 5) is 0. The zero-order chi connectivity index (χ0) is 11.2. The molecule has 2 aromatic rings. The number of nitrogens with one attached hydrogen (secondary N) is 1. The number of hydrogen-bond acceptors (Lipinski definition) is 2. The Morgan fingerprint density at radius 3 is 2.25 bits per heavy atom. The van der Waals surface area contributed by atoms with Crippen molar-refractivity contribution in [2.75, 3.05) is 12.4 Å². The van der Waals surface area contributed by atoms with Crippen LogP contribution in [0, 0.1) is 6.54 Å². The van der Waals surface area contributed by atoms with Gasteiger partial charge in [0, 0.05) is 5.69 Å². The Morgan fingerprint density at radius 1 is 0.938 bits per heavy atom. The minimum atomic E-state index is 0.866. The third kappa shape index (κ3) is 2.76. The van der Waals surface area contributed by atoms with E-state index in [1.54, 1.807) is 7.11 Å². The second-order valence-corrected chi connectivity index (χ2v) is 3.43. The Morgan fingerprint density at radius 2 is 1.62 bits per heavy atom. The summed E-state index contributed by atoms with van der Waals surface area (Å²) in [7, 11) is 1.67. The van der Waals surface area contributed by atoms with Crippen LogP contribution in [0.15, 0.2) is 54.6 Å². The standard InChI is InChI=1S/C14H14NO/c1-16-14-9-7-13(8-10-14)15-11-12-5-3-2-4-6-12/h2-11,15H,1H3. The number of methoxy groups -OCH3 is 1. The Balaban J connectivity index is 1.94. The Bertz CT molecular complexity index is 422. The fraction of sp³-hybridized carbons (Fsp3) is 0.0714. The molecule has 0 spiro atoms. The minimum Gasteiger partial charge on any atom is -0.497 e. The van der Waals surface area contributed by atoms with Crippen LogP contribution in [0.3, 0.4) is 0 Å². The van der Waals surface area contributed by atoms with E-state index < -0.39 is 0 Å². The lowest BCUT2D eigenvalue weighted by atomic mass is 10.2. The van der Waals surface area contributed by atoms with Crippen LogP contribution in [0.1, 0.15) is 5.56 Å². The summed E-state index contributed by atoms with van der Waals surface area (Å²) in [5.74, 6) is 0.866. The van der Waals surface area contributed by atoms with Crippen molar-refractivity contribution in [3.63, 3.8) is 0 Å². The molecular formula is C14H14NO. The van der Waals surface area contributed by atoms with E-state index in [1.807, 2.05) is 49.0 Å². The topological polar surface area (TPSA) is 21.3 Å². The first kappa shape index (κ1) is 10.6. The lowest BCUT2D eigenvalue weighted by molar-refractivity contribution is 0.415. The summed E-state index contributed by atoms with van der Waals surface area (Å²) in [6.45, 7) is 1.97. The van der Waals surface area contributed by atoms with E-state index in [2.05, 4.69) is 17.4 Å². The fourth-order valence-corrected chi connectivity index (χ4v) is 1.40. The third-order valence-electron chi connectivity index (χ3n) is 2.30. The maximum atomic E-state index is 5.09. The van der Waals surface area contributed by atoms with Crippen molar-refractivity contribution < 1.29 is 4.74 Å². The summed E-state index contributed by atoms with van der Waals surface area (Å²) in [5, 5.41) is 3.23. The van der Waals surface area contributed by atoms with Crippen LogP contribution < -0.4 is 10.1 Å². The van der Waals surface area contributed by atoms with Gasteiger partial charge in [-0.25, -0.2) is 0 Å². The van der Waals surface area contributed by atoms with Gasteiger partial charge in [-0.15, -0.1) is 0 Å². The zero-order valence-corrected chi connectivity index (χ0v) is 9.18. The molecule has 0 unspecified atom stereocenters. The third-order valence-corrected chi connectivity index (χ3v) is 2.30. The van der Waals surface area contributed by atoms with Crippen LogP contribution in [0.25, 0.3) is 0 Å². The summed E-state index contributed by atoms with van der Waals surface area (Å²) >= 11 is 0. The zero-order valence-electron chi connectivity index (χ0n) is 9.18. The van der Waals surface area contributed by atoms with E-state index in [-0.39, 0.29) is 0 Å². The van der Waals surface area contributed by atoms with Gasteiger partial charge >= 0.3 is 0 Å². The molecule has 0 saturated heterocycles. The molecule has 0 aliphatic carbocycles. The smallest absolute Gasteiger partial charge is 0.119 e. The molecule has 2 heteroatoms. The highest BCUT2D eigenvalue weighted by Crippen LogP contribution is 2.16. The molecule has 0 aromatic heterocycles. The highest BCUT2D eigenvalue weighted by Gasteiger charge is 1.94. The molecule has 0 amide bonds. The van der Waals surface area contributed by atoms with Gasteiger partial charge < -0.3 is 10.1 Å². The molecule has 2 rings (SSSR count). The predicted molar refractivity (Wildman–Crippen MR) is 66.5 cm³/mol. The quantitative estimate of drug-likeness (QED) is 0.839. The molecule has 0 aliphatic heterocycles. The number of hydrogen-bond donors (Lipinski definition) is 1. The largest absolute Gasteiger partial charge is 0.497 e. The molecule has 1 N–H and O–H groups in total. The lowest BCUT2D eigenvalue weighted by Gasteiger charge is -2.06. The number of ether oxygens (including phenoxy) is 1. The molecule has 81 valence electrons. The first-order valence-electron chi connectivity index (χ1n) is 5.17. The average Bonchev–Trinajstić information content (AvgIpc) is 2.38. The molecule has 1 radical (unpaired) electrons. The van der Waals surface area contributed by atoms with Gasteiger partial charge in [0.1, 0.15) is 5.75 Å². The number of benzene rings is 2. The van der Waals surface area contributed by atoms with Gasteiger partial charge in [0.05, 0.1) is 13.7 Å². The van der Waals surface area contributed by atoms with Crippen LogP contribution in [0.5, 0.6) is 5.75 Å². The highest BCUT2D eigenvalue weighted by molar-refractivity contribution is 5.49. The van der Waals surface area contributed by atoms with E-state index in [0.717, 1.165) is 17.0 Å². The maximum Gasteiger partial charge on any atom is 0.119 e. The van der Waals surface area contributed by atoms with Gasteiger partial charge in [-0.3, -0.25) is 0 Å². The second-order valence-electron chi connectivity index (χ2n) is 3.43. The highest BCUT2D eigenvalue weighted by atomic mass is 16.5. The van der Waals surface area contributed by atoms with Crippen LogP contribution in [0.2, 0.25) is 0 Å². The maximum absolute atomic E-state index is 5.09. The van der Waals surface area contributed by atoms with Gasteiger partial charge in [0.15, 0.2) is 0 Å². The SMILES string of the molecule is COc1ccc(N[CH]c2ccccc2)cc1. The van der Waals surface area contributed by atoms with Crippen molar-refractivity contribution >= 4 is 5.69 Å². The molecule has 0 saturated carbocycles. The summed E-state index contributed by atoms with van der Waals surface area (Å²) in [6.07, 6.45) is 0. The van der Waals surface area contributed by atoms with Gasteiger partial charge in [0.2, 0.25) is 0 Å². The summed E-state index contributed by atoms with van der Waals surface area (Å²) in [5.41, 5.74) is 2.20. The van der Waals surface area contributed by atoms with Crippen molar-refractivity contribution in [1.82, 2.24) is 0 Å². The molecule has 2 aromatic carbocycles. The van der Waals surface area contributed by atoms with Crippen molar-refractivity contribution in [2.24, 2.45) is 0 Å². The Labute approximate surface area is 95.9 Å². The van der Waals surface area contributed by atoms with Crippen LogP contribution in [-0.2, 0) is 0 Å². The molecule has 0 atom stereocenters. The van der Waals surface area contributed by atoms with Gasteiger partial charge in [-0.2, -0.15) is 0 Å². The van der Waals surface area contributed by atoms with Crippen LogP contribution in [0.4, 0.5) is 5.69 Å². The average molecular weight is 212 g/mol. The molecule has 0 heterocycles. The molecule has 16 heavy (non-hydrogen) atoms. The van der Waals surface area contributed by atoms with E-state index in [9.17, 15) is 0 Å². The van der Waals surface area contributed by atoms with Gasteiger partial charge in [-0.05, 0) is 29.8 Å². The van der Waals surface area contributed by atoms with Gasteiger partial charge in [-0.1, -0.05) is 30.3 Å². The minimum absolute atomic E-state index is 0.866. The van der Waals surface area contributed by atoms with Crippen molar-refractivity contribution in [3.8, 4) is 5.75 Å². The van der Waals surface area contributed by atoms with E-state index >= 15 is 0 Å². The summed E-state index contributed by atoms with van der Waals surface area (Å²) in [6, 6.07) is 18.0. The normalized spacial score (nSPS) is 9.81. The van der Waals surface area contributed by atoms with Crippen LogP contribution >= 0.6 is 0 Å². The number of anilines is 1. The fourth-order valence-electron chi connectivity index (χ4n) is 1.40. The van der Waals surface area contributed by atoms with Crippen molar-refractivity contribution in [2.45, 2.75) is 0 Å². The molecule has 0 bridgehead atoms. The second kappa shape index (κ2) is 5.21. The van der Waals surface area contributed by atoms with E-state index in [4.69, 9.17) is 4.74 Å². The summed E-state index contributed by atoms with van der Waals surface area (Å²) < 4.78 is 5.09. The van der Waals surface area contributed by atoms with Crippen molar-refractivity contribution in [1.29, 1.82) is 0 Å². The predicted octanol–water partition coefficient (Wildman–Crippen LogP) is 3.32. The molecular weight excluding hydrogens is 198 g/mol. The monoisotopic (exact) mass is 212 g/mol. The van der Waals surface area contributed by atoms with E-state index in [0.29, 0.717) is 0 Å². The van der Waals surface area contributed by atoms with Crippen LogP contribution in [-0.4, -0.2) is 7.11 Å². The van der Waals surface area contributed by atoms with Gasteiger partial charge in [0.25, 0.3) is 0 Å². The molecule has 2 nitrogen and oxygen atoms in total. The van der Waals surface area contributed by atoms with E-state index in [1.165, 1.54) is 0 Å². The molecule has 0 fully saturated rings. The first-order chi connectivity index (χ1) is 7.88. The Kier molecular flexibility index (Phi) is 3.44. The number of rotatable bonds is 4. The first-order valence-corrected chi connectivity index (χ1v) is 5.17.